The van der Waals surface area contributed by atoms with Crippen LogP contribution in [0.5, 0.6) is 0 Å². The highest BCUT2D eigenvalue weighted by Crippen LogP contribution is 2.20. The highest BCUT2D eigenvalue weighted by atomic mass is 19.2. The molecule has 1 atom stereocenters. The van der Waals surface area contributed by atoms with Crippen molar-refractivity contribution in [3.63, 3.8) is 0 Å². The topological polar surface area (TPSA) is 26.7 Å². The summed E-state index contributed by atoms with van der Waals surface area (Å²) in [4.78, 5) is 4.17. The first-order valence-electron chi connectivity index (χ1n) is 8.91. The largest absolute Gasteiger partial charge is 0.396 e. The van der Waals surface area contributed by atoms with E-state index in [9.17, 15) is 22.7 Å². The van der Waals surface area contributed by atoms with Crippen LogP contribution in [0.15, 0.2) is 36.4 Å². The number of hydrogen-bond acceptors (Lipinski definition) is 3. The molecule has 0 saturated carbocycles. The molecule has 2 aromatic carbocycles. The van der Waals surface area contributed by atoms with Crippen molar-refractivity contribution < 1.29 is 22.7 Å². The fourth-order valence-corrected chi connectivity index (χ4v) is 3.50. The van der Waals surface area contributed by atoms with Gasteiger partial charge in [-0.05, 0) is 30.2 Å². The number of benzene rings is 2. The van der Waals surface area contributed by atoms with Crippen molar-refractivity contribution in [1.29, 1.82) is 0 Å². The van der Waals surface area contributed by atoms with Gasteiger partial charge in [0.25, 0.3) is 0 Å². The zero-order valence-corrected chi connectivity index (χ0v) is 14.8. The van der Waals surface area contributed by atoms with E-state index in [0.29, 0.717) is 50.3 Å². The van der Waals surface area contributed by atoms with Gasteiger partial charge in [-0.3, -0.25) is 9.80 Å². The monoisotopic (exact) mass is 382 g/mol. The minimum atomic E-state index is -0.878. The average Bonchev–Trinajstić information content (AvgIpc) is 2.63. The number of piperazine rings is 1. The Hall–Kier alpha value is -1.96. The quantitative estimate of drug-likeness (QED) is 0.777. The molecule has 1 saturated heterocycles. The van der Waals surface area contributed by atoms with Crippen molar-refractivity contribution >= 4 is 0 Å². The lowest BCUT2D eigenvalue weighted by atomic mass is 10.1. The zero-order chi connectivity index (χ0) is 19.4. The van der Waals surface area contributed by atoms with Gasteiger partial charge in [-0.15, -0.1) is 0 Å². The number of nitrogens with zero attached hydrogens (tertiary/aromatic N) is 2. The molecule has 0 radical (unpaired) electrons. The first kappa shape index (κ1) is 19.8. The fraction of sp³-hybridized carbons (Fsp3) is 0.400. The Labute approximate surface area is 155 Å². The lowest BCUT2D eigenvalue weighted by Gasteiger charge is -2.41. The normalized spacial score (nSPS) is 18.8. The first-order valence-corrected chi connectivity index (χ1v) is 8.91. The molecule has 1 aliphatic rings. The Morgan fingerprint density at radius 1 is 0.889 bits per heavy atom. The van der Waals surface area contributed by atoms with Gasteiger partial charge in [0.05, 0.1) is 0 Å². The third-order valence-electron chi connectivity index (χ3n) is 4.93. The van der Waals surface area contributed by atoms with Gasteiger partial charge in [-0.1, -0.05) is 12.1 Å². The van der Waals surface area contributed by atoms with Gasteiger partial charge in [0, 0.05) is 57.0 Å². The number of hydrogen-bond donors (Lipinski definition) is 1. The van der Waals surface area contributed by atoms with Gasteiger partial charge in [0.1, 0.15) is 11.6 Å². The Morgan fingerprint density at radius 3 is 2.41 bits per heavy atom. The fourth-order valence-electron chi connectivity index (χ4n) is 3.50. The molecule has 2 aromatic rings. The van der Waals surface area contributed by atoms with Gasteiger partial charge in [-0.25, -0.2) is 17.6 Å². The summed E-state index contributed by atoms with van der Waals surface area (Å²) < 4.78 is 53.5. The molecule has 1 N–H and O–H groups in total. The van der Waals surface area contributed by atoms with Crippen LogP contribution in [-0.4, -0.2) is 47.2 Å². The van der Waals surface area contributed by atoms with Crippen molar-refractivity contribution in [2.45, 2.75) is 25.6 Å². The van der Waals surface area contributed by atoms with Gasteiger partial charge >= 0.3 is 0 Å². The molecule has 0 bridgehead atoms. The predicted molar refractivity (Wildman–Crippen MR) is 93.9 cm³/mol. The third kappa shape index (κ3) is 5.06. The van der Waals surface area contributed by atoms with Crippen LogP contribution < -0.4 is 0 Å². The maximum absolute atomic E-state index is 13.9. The summed E-state index contributed by atoms with van der Waals surface area (Å²) >= 11 is 0. The summed E-state index contributed by atoms with van der Waals surface area (Å²) in [7, 11) is 0. The molecule has 0 unspecified atom stereocenters. The van der Waals surface area contributed by atoms with E-state index in [0.717, 1.165) is 12.1 Å². The molecule has 146 valence electrons. The van der Waals surface area contributed by atoms with E-state index in [1.165, 1.54) is 18.2 Å². The number of aliphatic hydroxyl groups is 1. The van der Waals surface area contributed by atoms with E-state index in [-0.39, 0.29) is 12.6 Å². The van der Waals surface area contributed by atoms with Crippen LogP contribution in [0.4, 0.5) is 17.6 Å². The molecule has 3 nitrogen and oxygen atoms in total. The van der Waals surface area contributed by atoms with Crippen LogP contribution in [-0.2, 0) is 13.1 Å². The summed E-state index contributed by atoms with van der Waals surface area (Å²) in [5, 5.41) is 9.38. The van der Waals surface area contributed by atoms with Crippen LogP contribution >= 0.6 is 0 Å². The summed E-state index contributed by atoms with van der Waals surface area (Å²) in [6.07, 6.45) is 0.520. The molecule has 1 heterocycles. The molecule has 0 aliphatic carbocycles. The molecule has 3 rings (SSSR count). The van der Waals surface area contributed by atoms with Gasteiger partial charge in [-0.2, -0.15) is 0 Å². The number of halogens is 4. The van der Waals surface area contributed by atoms with Crippen LogP contribution in [0.3, 0.4) is 0 Å². The summed E-state index contributed by atoms with van der Waals surface area (Å²) in [5.41, 5.74) is 1.09. The molecular formula is C20H22F4N2O. The summed E-state index contributed by atoms with van der Waals surface area (Å²) in [5.74, 6) is -2.93. The number of aliphatic hydroxyl groups excluding tert-OH is 1. The maximum Gasteiger partial charge on any atom is 0.159 e. The minimum absolute atomic E-state index is 0.000346. The van der Waals surface area contributed by atoms with Gasteiger partial charge < -0.3 is 5.11 Å². The standard InChI is InChI=1S/C20H22F4N2O/c21-16-3-2-15(19(23)10-16)12-25-6-7-26(17(13-25)5-8-27)11-14-1-4-18(22)20(24)9-14/h1-4,9-10,17,27H,5-8,11-13H2/t17-/m1/s1. The lowest BCUT2D eigenvalue weighted by Crippen LogP contribution is -2.52. The lowest BCUT2D eigenvalue weighted by molar-refractivity contribution is 0.0494. The summed E-state index contributed by atoms with van der Waals surface area (Å²) in [6.45, 7) is 2.70. The molecule has 1 aliphatic heterocycles. The van der Waals surface area contributed by atoms with E-state index in [1.54, 1.807) is 6.07 Å². The average molecular weight is 382 g/mol. The summed E-state index contributed by atoms with van der Waals surface area (Å²) in [6, 6.07) is 7.40. The highest BCUT2D eigenvalue weighted by molar-refractivity contribution is 5.19. The second kappa shape index (κ2) is 8.82. The van der Waals surface area contributed by atoms with Crippen molar-refractivity contribution in [1.82, 2.24) is 9.80 Å². The number of rotatable bonds is 6. The SMILES string of the molecule is OCC[C@@H]1CN(Cc2ccc(F)cc2F)CCN1Cc1ccc(F)c(F)c1. The van der Waals surface area contributed by atoms with Crippen molar-refractivity contribution in [3.05, 3.63) is 70.8 Å². The Bertz CT molecular complexity index is 787. The first-order chi connectivity index (χ1) is 13.0. The van der Waals surface area contributed by atoms with Crippen molar-refractivity contribution in [2.24, 2.45) is 0 Å². The van der Waals surface area contributed by atoms with E-state index in [4.69, 9.17) is 0 Å². The molecular weight excluding hydrogens is 360 g/mol. The molecule has 0 aromatic heterocycles. The van der Waals surface area contributed by atoms with Gasteiger partial charge in [0.15, 0.2) is 11.6 Å². The Kier molecular flexibility index (Phi) is 6.46. The zero-order valence-electron chi connectivity index (χ0n) is 14.8. The third-order valence-corrected chi connectivity index (χ3v) is 4.93. The van der Waals surface area contributed by atoms with Crippen molar-refractivity contribution in [3.8, 4) is 0 Å². The smallest absolute Gasteiger partial charge is 0.159 e. The van der Waals surface area contributed by atoms with E-state index < -0.39 is 23.3 Å². The van der Waals surface area contributed by atoms with Crippen molar-refractivity contribution in [2.75, 3.05) is 26.2 Å². The second-order valence-electron chi connectivity index (χ2n) is 6.86. The molecule has 0 amide bonds. The maximum atomic E-state index is 13.9. The van der Waals surface area contributed by atoms with E-state index in [2.05, 4.69) is 9.80 Å². The van der Waals surface area contributed by atoms with Crippen LogP contribution in [0.2, 0.25) is 0 Å². The molecule has 7 heteroatoms. The molecule has 0 spiro atoms. The molecule has 27 heavy (non-hydrogen) atoms. The second-order valence-corrected chi connectivity index (χ2v) is 6.86. The van der Waals surface area contributed by atoms with Crippen LogP contribution in [0.1, 0.15) is 17.5 Å². The van der Waals surface area contributed by atoms with Crippen LogP contribution in [0, 0.1) is 23.3 Å². The van der Waals surface area contributed by atoms with Crippen LogP contribution in [0.25, 0.3) is 0 Å². The molecule has 1 fully saturated rings. The highest BCUT2D eigenvalue weighted by Gasteiger charge is 2.27. The Morgan fingerprint density at radius 2 is 1.70 bits per heavy atom. The van der Waals surface area contributed by atoms with Gasteiger partial charge in [0.2, 0.25) is 0 Å². The Balaban J connectivity index is 1.66. The minimum Gasteiger partial charge on any atom is -0.396 e. The predicted octanol–water partition coefficient (Wildman–Crippen LogP) is 3.31. The van der Waals surface area contributed by atoms with E-state index in [1.807, 2.05) is 0 Å². The van der Waals surface area contributed by atoms with E-state index >= 15 is 0 Å².